The van der Waals surface area contributed by atoms with Gasteiger partial charge in [-0.3, -0.25) is 0 Å². The molecule has 0 aliphatic carbocycles. The van der Waals surface area contributed by atoms with Crippen LogP contribution in [0.5, 0.6) is 0 Å². The predicted octanol–water partition coefficient (Wildman–Crippen LogP) is 2.98. The average molecular weight is 428 g/mol. The van der Waals surface area contributed by atoms with Crippen molar-refractivity contribution < 1.29 is 14.3 Å². The molecule has 0 saturated carbocycles. The Hall–Kier alpha value is -2.91. The van der Waals surface area contributed by atoms with Crippen molar-refractivity contribution >= 4 is 7.32 Å². The van der Waals surface area contributed by atoms with Gasteiger partial charge in [-0.15, -0.1) is 29.8 Å². The first-order valence-corrected chi connectivity index (χ1v) is 11.3. The normalized spacial score (nSPS) is 10.9. The van der Waals surface area contributed by atoms with Crippen molar-refractivity contribution in [1.82, 2.24) is 29.8 Å². The van der Waals surface area contributed by atoms with E-state index in [0.717, 1.165) is 74.9 Å². The monoisotopic (exact) mass is 428 g/mol. The van der Waals surface area contributed by atoms with E-state index in [1.54, 1.807) is 18.6 Å². The lowest BCUT2D eigenvalue weighted by Gasteiger charge is -2.14. The van der Waals surface area contributed by atoms with Gasteiger partial charge in [0.2, 0.25) is 0 Å². The Kier molecular flexibility index (Phi) is 8.87. The maximum absolute atomic E-state index is 5.80. The van der Waals surface area contributed by atoms with Crippen LogP contribution < -0.4 is 14.3 Å². The number of aryl methyl sites for hydroxylation is 3. The van der Waals surface area contributed by atoms with Crippen molar-refractivity contribution in [3.05, 3.63) is 53.9 Å². The fourth-order valence-corrected chi connectivity index (χ4v) is 3.00. The SMILES string of the molecule is CCCCc1ccn(OB(On2ccc(CCCC)n2)On2ccc(CCCC)n2)n1. The molecule has 3 rings (SSSR count). The zero-order valence-electron chi connectivity index (χ0n) is 18.8. The van der Waals surface area contributed by atoms with Gasteiger partial charge in [-0.25, -0.2) is 0 Å². The zero-order chi connectivity index (χ0) is 21.9. The summed E-state index contributed by atoms with van der Waals surface area (Å²) in [6.07, 6.45) is 14.5. The maximum Gasteiger partial charge on any atom is 0.929 e. The summed E-state index contributed by atoms with van der Waals surface area (Å²) < 4.78 is 17.4. The summed E-state index contributed by atoms with van der Waals surface area (Å²) in [5, 5.41) is 13.3. The van der Waals surface area contributed by atoms with Crippen molar-refractivity contribution in [3.63, 3.8) is 0 Å². The number of rotatable bonds is 15. The third kappa shape index (κ3) is 7.38. The van der Waals surface area contributed by atoms with Crippen molar-refractivity contribution in [2.75, 3.05) is 0 Å². The molecule has 9 nitrogen and oxygen atoms in total. The number of hydrogen-bond acceptors (Lipinski definition) is 6. The molecule has 0 atom stereocenters. The maximum atomic E-state index is 5.80. The Balaban J connectivity index is 1.67. The third-order valence-corrected chi connectivity index (χ3v) is 4.81. The van der Waals surface area contributed by atoms with Gasteiger partial charge in [-0.2, -0.15) is 0 Å². The van der Waals surface area contributed by atoms with Crippen LogP contribution in [0.3, 0.4) is 0 Å². The molecule has 0 spiro atoms. The lowest BCUT2D eigenvalue weighted by atomic mass is 10.2. The zero-order valence-corrected chi connectivity index (χ0v) is 18.8. The Morgan fingerprint density at radius 3 is 1.23 bits per heavy atom. The van der Waals surface area contributed by atoms with Gasteiger partial charge in [-0.05, 0) is 56.7 Å². The molecule has 0 fully saturated rings. The van der Waals surface area contributed by atoms with E-state index >= 15 is 0 Å². The van der Waals surface area contributed by atoms with E-state index in [9.17, 15) is 0 Å². The molecule has 0 radical (unpaired) electrons. The van der Waals surface area contributed by atoms with Crippen LogP contribution >= 0.6 is 0 Å². The minimum Gasteiger partial charge on any atom is -0.380 e. The fraction of sp³-hybridized carbons (Fsp3) is 0.571. The van der Waals surface area contributed by atoms with Gasteiger partial charge in [-0.1, -0.05) is 40.0 Å². The van der Waals surface area contributed by atoms with E-state index in [1.807, 2.05) is 18.2 Å². The summed E-state index contributed by atoms with van der Waals surface area (Å²) in [4.78, 5) is 4.08. The van der Waals surface area contributed by atoms with Crippen LogP contribution in [0.25, 0.3) is 0 Å². The molecule has 0 bridgehead atoms. The molecule has 3 heterocycles. The minimum atomic E-state index is -1.13. The fourth-order valence-electron chi connectivity index (χ4n) is 3.00. The molecule has 31 heavy (non-hydrogen) atoms. The summed E-state index contributed by atoms with van der Waals surface area (Å²) >= 11 is 0. The largest absolute Gasteiger partial charge is 0.929 e. The number of hydrogen-bond donors (Lipinski definition) is 0. The van der Waals surface area contributed by atoms with Crippen molar-refractivity contribution in [2.45, 2.75) is 78.6 Å². The van der Waals surface area contributed by atoms with E-state index in [0.29, 0.717) is 0 Å². The molecule has 0 aromatic carbocycles. The van der Waals surface area contributed by atoms with Gasteiger partial charge >= 0.3 is 7.32 Å². The first kappa shape index (κ1) is 22.8. The molecule has 3 aromatic rings. The molecule has 0 aliphatic heterocycles. The summed E-state index contributed by atoms with van der Waals surface area (Å²) in [5.41, 5.74) is 2.88. The van der Waals surface area contributed by atoms with Gasteiger partial charge in [0.25, 0.3) is 0 Å². The van der Waals surface area contributed by atoms with Gasteiger partial charge in [0.15, 0.2) is 0 Å². The number of aromatic nitrogens is 6. The van der Waals surface area contributed by atoms with Crippen molar-refractivity contribution in [2.24, 2.45) is 0 Å². The van der Waals surface area contributed by atoms with Crippen LogP contribution in [0.2, 0.25) is 0 Å². The first-order valence-electron chi connectivity index (χ1n) is 11.3. The van der Waals surface area contributed by atoms with Crippen LogP contribution in [0.15, 0.2) is 36.8 Å². The molecule has 0 N–H and O–H groups in total. The quantitative estimate of drug-likeness (QED) is 0.346. The Morgan fingerprint density at radius 2 is 0.935 bits per heavy atom. The van der Waals surface area contributed by atoms with E-state index in [-0.39, 0.29) is 0 Å². The Morgan fingerprint density at radius 1 is 0.613 bits per heavy atom. The van der Waals surface area contributed by atoms with Crippen LogP contribution in [-0.2, 0) is 19.3 Å². The second-order valence-corrected chi connectivity index (χ2v) is 7.54. The number of nitrogens with zero attached hydrogens (tertiary/aromatic N) is 6. The van der Waals surface area contributed by atoms with Crippen LogP contribution in [0, 0.1) is 0 Å². The summed E-state index contributed by atoms with van der Waals surface area (Å²) in [6.45, 7) is 6.47. The van der Waals surface area contributed by atoms with Gasteiger partial charge in [0.1, 0.15) is 0 Å². The number of unbranched alkanes of at least 4 members (excludes halogenated alkanes) is 3. The highest BCUT2D eigenvalue weighted by Crippen LogP contribution is 2.04. The summed E-state index contributed by atoms with van der Waals surface area (Å²) in [6, 6.07) is 5.79. The summed E-state index contributed by atoms with van der Waals surface area (Å²) in [7, 11) is -1.13. The van der Waals surface area contributed by atoms with Crippen LogP contribution in [-0.4, -0.2) is 37.2 Å². The van der Waals surface area contributed by atoms with E-state index in [1.165, 1.54) is 14.5 Å². The molecule has 0 unspecified atom stereocenters. The second-order valence-electron chi connectivity index (χ2n) is 7.54. The summed E-state index contributed by atoms with van der Waals surface area (Å²) in [5.74, 6) is 0. The van der Waals surface area contributed by atoms with Gasteiger partial charge in [0, 0.05) is 0 Å². The van der Waals surface area contributed by atoms with Crippen molar-refractivity contribution in [1.29, 1.82) is 0 Å². The highest BCUT2D eigenvalue weighted by atomic mass is 16.9. The van der Waals surface area contributed by atoms with E-state index in [2.05, 4.69) is 36.1 Å². The van der Waals surface area contributed by atoms with E-state index in [4.69, 9.17) is 14.3 Å². The Bertz CT molecular complexity index is 778. The Labute approximate surface area is 184 Å². The molecule has 0 amide bonds. The van der Waals surface area contributed by atoms with E-state index < -0.39 is 7.32 Å². The molecular formula is C21H33BN6O3. The average Bonchev–Trinajstić information content (AvgIpc) is 3.51. The van der Waals surface area contributed by atoms with Gasteiger partial charge in [0.05, 0.1) is 35.7 Å². The van der Waals surface area contributed by atoms with Gasteiger partial charge < -0.3 is 14.3 Å². The molecule has 3 aromatic heterocycles. The highest BCUT2D eigenvalue weighted by molar-refractivity contribution is 6.37. The highest BCUT2D eigenvalue weighted by Gasteiger charge is 2.34. The van der Waals surface area contributed by atoms with Crippen molar-refractivity contribution in [3.8, 4) is 0 Å². The lowest BCUT2D eigenvalue weighted by molar-refractivity contribution is 0.0393. The molecule has 0 aliphatic rings. The molecule has 168 valence electrons. The molecule has 10 heteroatoms. The predicted molar refractivity (Wildman–Crippen MR) is 118 cm³/mol. The minimum absolute atomic E-state index is 0.902. The topological polar surface area (TPSA) is 81.1 Å². The first-order chi connectivity index (χ1) is 15.2. The standard InChI is InChI=1S/C21H33BN6O3/c1-4-7-10-19-13-16-26(23-19)29-22(30-27-17-14-20(24-27)11-8-5-2)31-28-18-15-21(25-28)12-9-6-3/h13-18H,4-12H2,1-3H3. The molecule has 0 saturated heterocycles. The van der Waals surface area contributed by atoms with Crippen LogP contribution in [0.4, 0.5) is 0 Å². The smallest absolute Gasteiger partial charge is 0.380 e. The lowest BCUT2D eigenvalue weighted by Crippen LogP contribution is -2.49. The third-order valence-electron chi connectivity index (χ3n) is 4.81. The van der Waals surface area contributed by atoms with Crippen LogP contribution in [0.1, 0.15) is 76.4 Å². The second kappa shape index (κ2) is 12.1. The molecular weight excluding hydrogens is 395 g/mol.